The zero-order valence-corrected chi connectivity index (χ0v) is 13.4. The number of benzene rings is 2. The Kier molecular flexibility index (Phi) is 5.90. The number of hydrogen-bond donors (Lipinski definition) is 1. The van der Waals surface area contributed by atoms with Gasteiger partial charge in [-0.3, -0.25) is 0 Å². The fraction of sp³-hybridized carbons (Fsp3) is 0.250. The van der Waals surface area contributed by atoms with Crippen LogP contribution in [0, 0.1) is 0 Å². The lowest BCUT2D eigenvalue weighted by Gasteiger charge is -2.12. The number of nitrogens with two attached hydrogens (primary N) is 1. The Morgan fingerprint density at radius 3 is 2.38 bits per heavy atom. The molecule has 2 rings (SSSR count). The van der Waals surface area contributed by atoms with E-state index in [9.17, 15) is 0 Å². The summed E-state index contributed by atoms with van der Waals surface area (Å²) in [6, 6.07) is 13.3. The first-order valence-electron chi connectivity index (χ1n) is 6.61. The second-order valence-electron chi connectivity index (χ2n) is 4.31. The van der Waals surface area contributed by atoms with Crippen molar-refractivity contribution in [1.29, 1.82) is 0 Å². The molecule has 0 aromatic heterocycles. The van der Waals surface area contributed by atoms with Crippen LogP contribution in [0.3, 0.4) is 0 Å². The van der Waals surface area contributed by atoms with Gasteiger partial charge in [0.15, 0.2) is 0 Å². The molecule has 4 nitrogen and oxygen atoms in total. The summed E-state index contributed by atoms with van der Waals surface area (Å²) in [5, 5.41) is 0. The highest BCUT2D eigenvalue weighted by Gasteiger charge is 2.04. The second-order valence-corrected chi connectivity index (χ2v) is 5.16. The summed E-state index contributed by atoms with van der Waals surface area (Å²) in [6.07, 6.45) is 0. The van der Waals surface area contributed by atoms with Crippen molar-refractivity contribution in [1.82, 2.24) is 0 Å². The van der Waals surface area contributed by atoms with Crippen molar-refractivity contribution in [2.45, 2.75) is 6.54 Å². The third-order valence-corrected chi connectivity index (χ3v) is 3.55. The Morgan fingerprint density at radius 2 is 1.71 bits per heavy atom. The normalized spacial score (nSPS) is 10.2. The van der Waals surface area contributed by atoms with E-state index in [1.54, 1.807) is 7.11 Å². The lowest BCUT2D eigenvalue weighted by atomic mass is 10.2. The van der Waals surface area contributed by atoms with E-state index in [4.69, 9.17) is 19.9 Å². The number of halogens is 1. The SMILES string of the molecule is COc1ccc(OCCOc2ccccc2CN)c(Br)c1. The maximum atomic E-state index is 5.69. The van der Waals surface area contributed by atoms with E-state index >= 15 is 0 Å². The van der Waals surface area contributed by atoms with Crippen LogP contribution in [0.15, 0.2) is 46.9 Å². The Hall–Kier alpha value is -1.72. The molecule has 0 saturated carbocycles. The number of para-hydroxylation sites is 1. The van der Waals surface area contributed by atoms with Gasteiger partial charge in [0.05, 0.1) is 11.6 Å². The smallest absolute Gasteiger partial charge is 0.133 e. The van der Waals surface area contributed by atoms with Gasteiger partial charge in [-0.2, -0.15) is 0 Å². The van der Waals surface area contributed by atoms with Crippen molar-refractivity contribution in [3.05, 3.63) is 52.5 Å². The molecular weight excluding hydrogens is 334 g/mol. The number of hydrogen-bond acceptors (Lipinski definition) is 4. The first-order chi connectivity index (χ1) is 10.2. The minimum absolute atomic E-state index is 0.448. The van der Waals surface area contributed by atoms with E-state index in [2.05, 4.69) is 15.9 Å². The van der Waals surface area contributed by atoms with E-state index in [1.807, 2.05) is 42.5 Å². The largest absolute Gasteiger partial charge is 0.497 e. The molecule has 0 bridgehead atoms. The second kappa shape index (κ2) is 7.90. The highest BCUT2D eigenvalue weighted by molar-refractivity contribution is 9.10. The highest BCUT2D eigenvalue weighted by Crippen LogP contribution is 2.29. The number of ether oxygens (including phenoxy) is 3. The fourth-order valence-electron chi connectivity index (χ4n) is 1.84. The predicted molar refractivity (Wildman–Crippen MR) is 86.0 cm³/mol. The van der Waals surface area contributed by atoms with Gasteiger partial charge in [-0.1, -0.05) is 18.2 Å². The molecule has 0 aliphatic carbocycles. The average Bonchev–Trinajstić information content (AvgIpc) is 2.53. The third kappa shape index (κ3) is 4.37. The van der Waals surface area contributed by atoms with Gasteiger partial charge in [-0.25, -0.2) is 0 Å². The van der Waals surface area contributed by atoms with Gasteiger partial charge >= 0.3 is 0 Å². The van der Waals surface area contributed by atoms with Gasteiger partial charge in [0.1, 0.15) is 30.5 Å². The molecule has 2 aromatic carbocycles. The van der Waals surface area contributed by atoms with Gasteiger partial charge in [0.25, 0.3) is 0 Å². The Labute approximate surface area is 132 Å². The summed E-state index contributed by atoms with van der Waals surface area (Å²) in [4.78, 5) is 0. The molecule has 0 fully saturated rings. The van der Waals surface area contributed by atoms with Crippen LogP contribution in [0.25, 0.3) is 0 Å². The zero-order valence-electron chi connectivity index (χ0n) is 11.8. The molecule has 2 N–H and O–H groups in total. The maximum Gasteiger partial charge on any atom is 0.133 e. The van der Waals surface area contributed by atoms with Crippen molar-refractivity contribution in [3.63, 3.8) is 0 Å². The Bertz CT molecular complexity index is 589. The van der Waals surface area contributed by atoms with Crippen LogP contribution in [0.5, 0.6) is 17.2 Å². The zero-order chi connectivity index (χ0) is 15.1. The molecular formula is C16H18BrNO3. The van der Waals surface area contributed by atoms with Crippen molar-refractivity contribution in [3.8, 4) is 17.2 Å². The minimum Gasteiger partial charge on any atom is -0.497 e. The first-order valence-corrected chi connectivity index (χ1v) is 7.41. The fourth-order valence-corrected chi connectivity index (χ4v) is 2.31. The lowest BCUT2D eigenvalue weighted by molar-refractivity contribution is 0.215. The molecule has 2 aromatic rings. The van der Waals surface area contributed by atoms with Gasteiger partial charge in [0.2, 0.25) is 0 Å². The topological polar surface area (TPSA) is 53.7 Å². The van der Waals surface area contributed by atoms with Gasteiger partial charge in [-0.15, -0.1) is 0 Å². The molecule has 5 heteroatoms. The summed E-state index contributed by atoms with van der Waals surface area (Å²) in [5.74, 6) is 2.34. The van der Waals surface area contributed by atoms with Gasteiger partial charge in [0, 0.05) is 12.1 Å². The molecule has 0 heterocycles. The van der Waals surface area contributed by atoms with Crippen LogP contribution in [0.4, 0.5) is 0 Å². The lowest BCUT2D eigenvalue weighted by Crippen LogP contribution is -2.11. The van der Waals surface area contributed by atoms with Gasteiger partial charge in [-0.05, 0) is 40.2 Å². The summed E-state index contributed by atoms with van der Waals surface area (Å²) in [6.45, 7) is 1.36. The summed E-state index contributed by atoms with van der Waals surface area (Å²) in [7, 11) is 1.63. The van der Waals surface area contributed by atoms with Crippen molar-refractivity contribution < 1.29 is 14.2 Å². The minimum atomic E-state index is 0.448. The van der Waals surface area contributed by atoms with Crippen LogP contribution in [-0.4, -0.2) is 20.3 Å². The molecule has 0 amide bonds. The van der Waals surface area contributed by atoms with Gasteiger partial charge < -0.3 is 19.9 Å². The van der Waals surface area contributed by atoms with E-state index < -0.39 is 0 Å². The Morgan fingerprint density at radius 1 is 1.00 bits per heavy atom. The molecule has 0 atom stereocenters. The quantitative estimate of drug-likeness (QED) is 0.777. The number of rotatable bonds is 7. The maximum absolute atomic E-state index is 5.69. The summed E-state index contributed by atoms with van der Waals surface area (Å²) < 4.78 is 17.4. The van der Waals surface area contributed by atoms with Crippen LogP contribution in [0.1, 0.15) is 5.56 Å². The molecule has 0 saturated heterocycles. The molecule has 0 spiro atoms. The molecule has 0 aliphatic rings. The molecule has 112 valence electrons. The first kappa shape index (κ1) is 15.7. The van der Waals surface area contributed by atoms with Crippen LogP contribution < -0.4 is 19.9 Å². The van der Waals surface area contributed by atoms with Crippen molar-refractivity contribution >= 4 is 15.9 Å². The molecule has 21 heavy (non-hydrogen) atoms. The van der Waals surface area contributed by atoms with Crippen LogP contribution in [0.2, 0.25) is 0 Å². The van der Waals surface area contributed by atoms with Crippen molar-refractivity contribution in [2.75, 3.05) is 20.3 Å². The average molecular weight is 352 g/mol. The van der Waals surface area contributed by atoms with E-state index in [0.717, 1.165) is 27.3 Å². The van der Waals surface area contributed by atoms with Crippen molar-refractivity contribution in [2.24, 2.45) is 5.73 Å². The van der Waals surface area contributed by atoms with E-state index in [0.29, 0.717) is 19.8 Å². The standard InChI is InChI=1S/C16H18BrNO3/c1-19-13-6-7-16(14(17)10-13)21-9-8-20-15-5-3-2-4-12(15)11-18/h2-7,10H,8-9,11,18H2,1H3. The Balaban J connectivity index is 1.85. The molecule has 0 unspecified atom stereocenters. The number of methoxy groups -OCH3 is 1. The predicted octanol–water partition coefficient (Wildman–Crippen LogP) is 3.37. The monoisotopic (exact) mass is 351 g/mol. The van der Waals surface area contributed by atoms with Crippen LogP contribution in [-0.2, 0) is 6.54 Å². The molecule has 0 aliphatic heterocycles. The van der Waals surface area contributed by atoms with E-state index in [1.165, 1.54) is 0 Å². The van der Waals surface area contributed by atoms with E-state index in [-0.39, 0.29) is 0 Å². The third-order valence-electron chi connectivity index (χ3n) is 2.93. The summed E-state index contributed by atoms with van der Waals surface area (Å²) >= 11 is 3.45. The summed E-state index contributed by atoms with van der Waals surface area (Å²) in [5.41, 5.74) is 6.65. The van der Waals surface area contributed by atoms with Crippen LogP contribution >= 0.6 is 15.9 Å². The highest BCUT2D eigenvalue weighted by atomic mass is 79.9. The molecule has 0 radical (unpaired) electrons.